The number of likely N-dealkylation sites (N-methyl/N-ethyl adjacent to an activating group) is 1. The third-order valence-corrected chi connectivity index (χ3v) is 3.26. The molecular weight excluding hydrogens is 304 g/mol. The first-order valence-electron chi connectivity index (χ1n) is 7.20. The highest BCUT2D eigenvalue weighted by Crippen LogP contribution is 2.22. The molecule has 0 unspecified atom stereocenters. The van der Waals surface area contributed by atoms with Crippen LogP contribution in [0.2, 0.25) is 0 Å². The third-order valence-electron chi connectivity index (χ3n) is 3.26. The van der Waals surface area contributed by atoms with Crippen LogP contribution in [0.1, 0.15) is 12.5 Å². The molecule has 6 nitrogen and oxygen atoms in total. The van der Waals surface area contributed by atoms with Crippen molar-refractivity contribution in [3.8, 4) is 18.2 Å². The van der Waals surface area contributed by atoms with Crippen LogP contribution in [0.3, 0.4) is 0 Å². The second kappa shape index (κ2) is 9.46. The molecule has 0 bridgehead atoms. The maximum absolute atomic E-state index is 11.0. The lowest BCUT2D eigenvalue weighted by atomic mass is 10.0. The van der Waals surface area contributed by atoms with Gasteiger partial charge in [0.15, 0.2) is 0 Å². The van der Waals surface area contributed by atoms with Gasteiger partial charge in [0.1, 0.15) is 30.4 Å². The van der Waals surface area contributed by atoms with Crippen LogP contribution in [-0.4, -0.2) is 25.7 Å². The Hall–Kier alpha value is -3.56. The number of ether oxygens (including phenoxy) is 1. The number of nitrogens with zero attached hydrogens (tertiary/aromatic N) is 4. The Kier molecular flexibility index (Phi) is 7.28. The van der Waals surface area contributed by atoms with Crippen molar-refractivity contribution in [3.63, 3.8) is 0 Å². The fraction of sp³-hybridized carbons (Fsp3) is 0.222. The normalized spacial score (nSPS) is 8.92. The molecule has 6 heteroatoms. The maximum atomic E-state index is 11.0. The summed E-state index contributed by atoms with van der Waals surface area (Å²) in [6, 6.07) is 12.3. The van der Waals surface area contributed by atoms with E-state index in [0.29, 0.717) is 18.7 Å². The number of esters is 1. The van der Waals surface area contributed by atoms with Crippen LogP contribution >= 0.6 is 0 Å². The van der Waals surface area contributed by atoms with Gasteiger partial charge in [0, 0.05) is 18.3 Å². The Labute approximate surface area is 141 Å². The SMILES string of the molecule is C=CC(=O)OCCN(CC)c1ccc(C(C#N)=C(C#N)C#N)cc1. The summed E-state index contributed by atoms with van der Waals surface area (Å²) < 4.78 is 4.96. The molecule has 0 radical (unpaired) electrons. The fourth-order valence-electron chi connectivity index (χ4n) is 2.03. The van der Waals surface area contributed by atoms with Gasteiger partial charge >= 0.3 is 5.97 Å². The molecule has 0 aliphatic rings. The predicted molar refractivity (Wildman–Crippen MR) is 89.2 cm³/mol. The Morgan fingerprint density at radius 1 is 1.21 bits per heavy atom. The Morgan fingerprint density at radius 3 is 2.29 bits per heavy atom. The van der Waals surface area contributed by atoms with Gasteiger partial charge in [-0.2, -0.15) is 15.8 Å². The molecule has 120 valence electrons. The minimum absolute atomic E-state index is 0.0505. The van der Waals surface area contributed by atoms with E-state index < -0.39 is 5.97 Å². The summed E-state index contributed by atoms with van der Waals surface area (Å²) in [4.78, 5) is 13.0. The first-order chi connectivity index (χ1) is 11.6. The number of carbonyl (C=O) groups is 1. The molecule has 0 saturated heterocycles. The van der Waals surface area contributed by atoms with Gasteiger partial charge in [-0.25, -0.2) is 4.79 Å². The molecule has 0 aromatic heterocycles. The quantitative estimate of drug-likeness (QED) is 0.435. The molecule has 0 aliphatic heterocycles. The summed E-state index contributed by atoms with van der Waals surface area (Å²) in [6.07, 6.45) is 1.11. The molecule has 1 aromatic carbocycles. The largest absolute Gasteiger partial charge is 0.461 e. The van der Waals surface area contributed by atoms with Crippen molar-refractivity contribution in [1.29, 1.82) is 15.8 Å². The van der Waals surface area contributed by atoms with Crippen LogP contribution < -0.4 is 4.90 Å². The van der Waals surface area contributed by atoms with Crippen LogP contribution in [-0.2, 0) is 9.53 Å². The molecule has 0 N–H and O–H groups in total. The van der Waals surface area contributed by atoms with Gasteiger partial charge in [0.25, 0.3) is 0 Å². The lowest BCUT2D eigenvalue weighted by Crippen LogP contribution is -2.27. The lowest BCUT2D eigenvalue weighted by molar-refractivity contribution is -0.137. The second-order valence-electron chi connectivity index (χ2n) is 4.58. The van der Waals surface area contributed by atoms with E-state index in [-0.39, 0.29) is 17.8 Å². The molecule has 0 aliphatic carbocycles. The number of nitriles is 3. The minimum atomic E-state index is -0.467. The van der Waals surface area contributed by atoms with Gasteiger partial charge in [0.05, 0.1) is 12.1 Å². The molecule has 0 spiro atoms. The highest BCUT2D eigenvalue weighted by molar-refractivity contribution is 5.84. The van der Waals surface area contributed by atoms with Gasteiger partial charge in [0.2, 0.25) is 0 Å². The number of hydrogen-bond acceptors (Lipinski definition) is 6. The highest BCUT2D eigenvalue weighted by atomic mass is 16.5. The standard InChI is InChI=1S/C18H16N4O2/c1-3-18(23)24-10-9-22(4-2)16-7-5-14(6-8-16)17(13-21)15(11-19)12-20/h3,5-8H,1,4,9-10H2,2H3. The van der Waals surface area contributed by atoms with Crippen LogP contribution in [0.25, 0.3) is 5.57 Å². The van der Waals surface area contributed by atoms with Gasteiger partial charge in [-0.3, -0.25) is 0 Å². The van der Waals surface area contributed by atoms with Crippen molar-refractivity contribution in [2.24, 2.45) is 0 Å². The Morgan fingerprint density at radius 2 is 1.83 bits per heavy atom. The van der Waals surface area contributed by atoms with Crippen LogP contribution in [0, 0.1) is 34.0 Å². The van der Waals surface area contributed by atoms with Crippen LogP contribution in [0.15, 0.2) is 42.5 Å². The number of benzene rings is 1. The van der Waals surface area contributed by atoms with Crippen LogP contribution in [0.5, 0.6) is 0 Å². The minimum Gasteiger partial charge on any atom is -0.461 e. The Bertz CT molecular complexity index is 742. The molecule has 0 fully saturated rings. The second-order valence-corrected chi connectivity index (χ2v) is 4.58. The van der Waals surface area contributed by atoms with Crippen molar-refractivity contribution in [3.05, 3.63) is 48.1 Å². The number of anilines is 1. The van der Waals surface area contributed by atoms with Gasteiger partial charge in [-0.1, -0.05) is 18.7 Å². The maximum Gasteiger partial charge on any atom is 0.330 e. The zero-order valence-corrected chi connectivity index (χ0v) is 13.3. The summed E-state index contributed by atoms with van der Waals surface area (Å²) in [5, 5.41) is 26.9. The number of hydrogen-bond donors (Lipinski definition) is 0. The summed E-state index contributed by atoms with van der Waals surface area (Å²) in [7, 11) is 0. The van der Waals surface area contributed by atoms with E-state index in [0.717, 1.165) is 11.8 Å². The summed E-state index contributed by atoms with van der Waals surface area (Å²) in [5.74, 6) is -0.467. The van der Waals surface area contributed by atoms with E-state index in [1.165, 1.54) is 0 Å². The van der Waals surface area contributed by atoms with Gasteiger partial charge < -0.3 is 9.64 Å². The van der Waals surface area contributed by atoms with E-state index in [1.54, 1.807) is 36.4 Å². The molecule has 1 aromatic rings. The van der Waals surface area contributed by atoms with E-state index in [1.807, 2.05) is 17.9 Å². The molecule has 1 rings (SSSR count). The molecular formula is C18H16N4O2. The van der Waals surface area contributed by atoms with E-state index in [4.69, 9.17) is 20.5 Å². The topological polar surface area (TPSA) is 101 Å². The summed E-state index contributed by atoms with van der Waals surface area (Å²) in [6.45, 7) is 6.75. The van der Waals surface area contributed by atoms with Crippen molar-refractivity contribution in [2.75, 3.05) is 24.6 Å². The van der Waals surface area contributed by atoms with E-state index in [9.17, 15) is 4.79 Å². The monoisotopic (exact) mass is 320 g/mol. The zero-order chi connectivity index (χ0) is 17.9. The zero-order valence-electron chi connectivity index (χ0n) is 13.3. The van der Waals surface area contributed by atoms with E-state index >= 15 is 0 Å². The van der Waals surface area contributed by atoms with Crippen molar-refractivity contribution >= 4 is 17.2 Å². The molecule has 0 amide bonds. The molecule has 0 heterocycles. The number of rotatable bonds is 7. The Balaban J connectivity index is 2.93. The third kappa shape index (κ3) is 4.73. The lowest BCUT2D eigenvalue weighted by Gasteiger charge is -2.23. The van der Waals surface area contributed by atoms with Crippen molar-refractivity contribution in [2.45, 2.75) is 6.92 Å². The number of allylic oxidation sites excluding steroid dienone is 2. The molecule has 24 heavy (non-hydrogen) atoms. The first-order valence-corrected chi connectivity index (χ1v) is 7.20. The summed E-state index contributed by atoms with van der Waals surface area (Å²) >= 11 is 0. The van der Waals surface area contributed by atoms with Crippen LogP contribution in [0.4, 0.5) is 5.69 Å². The van der Waals surface area contributed by atoms with Crippen molar-refractivity contribution < 1.29 is 9.53 Å². The van der Waals surface area contributed by atoms with E-state index in [2.05, 4.69) is 6.58 Å². The predicted octanol–water partition coefficient (Wildman–Crippen LogP) is 2.57. The van der Waals surface area contributed by atoms with Gasteiger partial charge in [-0.05, 0) is 24.6 Å². The van der Waals surface area contributed by atoms with Crippen molar-refractivity contribution in [1.82, 2.24) is 0 Å². The van der Waals surface area contributed by atoms with Gasteiger partial charge in [-0.15, -0.1) is 0 Å². The first kappa shape index (κ1) is 18.5. The molecule has 0 atom stereocenters. The smallest absolute Gasteiger partial charge is 0.330 e. The molecule has 0 saturated carbocycles. The number of carbonyl (C=O) groups excluding carboxylic acids is 1. The average Bonchev–Trinajstić information content (AvgIpc) is 2.63. The average molecular weight is 320 g/mol. The fourth-order valence-corrected chi connectivity index (χ4v) is 2.03. The highest BCUT2D eigenvalue weighted by Gasteiger charge is 2.10. The summed E-state index contributed by atoms with van der Waals surface area (Å²) in [5.41, 5.74) is 1.22.